The van der Waals surface area contributed by atoms with Gasteiger partial charge in [0.05, 0.1) is 17.9 Å². The number of esters is 2. The van der Waals surface area contributed by atoms with Gasteiger partial charge in [-0.25, -0.2) is 9.59 Å². The number of allylic oxidation sites excluding steroid dienone is 1. The lowest BCUT2D eigenvalue weighted by atomic mass is 9.37. The number of epoxide rings is 1. The summed E-state index contributed by atoms with van der Waals surface area (Å²) in [6, 6.07) is 1.81. The normalized spacial score (nSPS) is 49.5. The van der Waals surface area contributed by atoms with Crippen LogP contribution in [0, 0.1) is 28.1 Å². The van der Waals surface area contributed by atoms with E-state index in [-0.39, 0.29) is 30.0 Å². The van der Waals surface area contributed by atoms with E-state index in [4.69, 9.17) is 18.6 Å². The average molecular weight is 455 g/mol. The van der Waals surface area contributed by atoms with E-state index in [2.05, 4.69) is 13.8 Å². The molecule has 6 rings (SSSR count). The van der Waals surface area contributed by atoms with Crippen molar-refractivity contribution in [2.75, 3.05) is 0 Å². The Morgan fingerprint density at radius 1 is 1.00 bits per heavy atom. The number of cyclic esters (lactones) is 2. The first-order chi connectivity index (χ1) is 15.4. The summed E-state index contributed by atoms with van der Waals surface area (Å²) in [6.07, 6.45) is 7.04. The highest BCUT2D eigenvalue weighted by molar-refractivity contribution is 5.93. The van der Waals surface area contributed by atoms with Gasteiger partial charge in [-0.3, -0.25) is 4.79 Å². The van der Waals surface area contributed by atoms with Gasteiger partial charge < -0.3 is 18.6 Å². The van der Waals surface area contributed by atoms with Crippen LogP contribution >= 0.6 is 0 Å². The summed E-state index contributed by atoms with van der Waals surface area (Å²) in [5, 5.41) is 0. The second-order valence-electron chi connectivity index (χ2n) is 11.7. The molecule has 4 unspecified atom stereocenters. The number of ketones is 1. The van der Waals surface area contributed by atoms with E-state index in [9.17, 15) is 14.4 Å². The molecular weight excluding hydrogens is 424 g/mol. The predicted molar refractivity (Wildman–Crippen MR) is 115 cm³/mol. The summed E-state index contributed by atoms with van der Waals surface area (Å²) in [4.78, 5) is 39.6. The van der Waals surface area contributed by atoms with Crippen molar-refractivity contribution in [2.45, 2.75) is 77.3 Å². The van der Waals surface area contributed by atoms with Crippen molar-refractivity contribution >= 4 is 17.7 Å². The molecule has 0 aromatic carbocycles. The Morgan fingerprint density at radius 3 is 2.45 bits per heavy atom. The van der Waals surface area contributed by atoms with E-state index in [0.29, 0.717) is 6.42 Å². The molecule has 176 valence electrons. The SMILES string of the molecule is CC1(C)OC(=O)C=C[C@@]2(C)C1CC(=O)[C@]1(C)C2CCC2(C)C(c3ccoc3)OC(=O)[C@H]3O[C@]321. The van der Waals surface area contributed by atoms with Gasteiger partial charge in [0.25, 0.3) is 0 Å². The molecule has 1 spiro atoms. The van der Waals surface area contributed by atoms with Crippen molar-refractivity contribution in [3.05, 3.63) is 36.3 Å². The van der Waals surface area contributed by atoms with E-state index in [1.807, 2.05) is 32.9 Å². The first-order valence-corrected chi connectivity index (χ1v) is 11.8. The lowest BCUT2D eigenvalue weighted by Gasteiger charge is -2.64. The predicted octanol–water partition coefficient (Wildman–Crippen LogP) is 3.92. The van der Waals surface area contributed by atoms with Crippen molar-refractivity contribution < 1.29 is 33.0 Å². The fourth-order valence-electron chi connectivity index (χ4n) is 8.49. The van der Waals surface area contributed by atoms with Crippen LogP contribution in [0.5, 0.6) is 0 Å². The van der Waals surface area contributed by atoms with Gasteiger partial charge in [-0.1, -0.05) is 19.9 Å². The van der Waals surface area contributed by atoms with E-state index < -0.39 is 45.6 Å². The maximum Gasteiger partial charge on any atom is 0.339 e. The largest absolute Gasteiger partial charge is 0.472 e. The van der Waals surface area contributed by atoms with Crippen LogP contribution in [0.3, 0.4) is 0 Å². The average Bonchev–Trinajstić information content (AvgIpc) is 3.33. The maximum absolute atomic E-state index is 14.1. The quantitative estimate of drug-likeness (QED) is 0.469. The third-order valence-corrected chi connectivity index (χ3v) is 10.0. The van der Waals surface area contributed by atoms with E-state index >= 15 is 0 Å². The summed E-state index contributed by atoms with van der Waals surface area (Å²) in [5.74, 6) is -1.02. The first-order valence-electron chi connectivity index (χ1n) is 11.8. The number of hydrogen-bond donors (Lipinski definition) is 0. The molecule has 1 aromatic heterocycles. The van der Waals surface area contributed by atoms with E-state index in [1.54, 1.807) is 12.5 Å². The van der Waals surface area contributed by atoms with Gasteiger partial charge in [0.15, 0.2) is 6.10 Å². The van der Waals surface area contributed by atoms with Gasteiger partial charge in [-0.15, -0.1) is 0 Å². The van der Waals surface area contributed by atoms with Gasteiger partial charge in [0, 0.05) is 29.4 Å². The zero-order valence-corrected chi connectivity index (χ0v) is 19.7. The standard InChI is InChI=1S/C26H30O7/c1-22(2)16-12-17(27)25(5)15(23(16,3)9-7-18(28)32-22)6-10-24(4)19(14-8-11-30-13-14)31-21(29)20-26(24,25)33-20/h7-9,11,13,15-16,19-20H,6,10,12H2,1-5H3/t15?,16?,19?,20-,23-,24?,25+,26-/m1/s1. The van der Waals surface area contributed by atoms with Gasteiger partial charge in [-0.05, 0) is 51.0 Å². The summed E-state index contributed by atoms with van der Waals surface area (Å²) in [7, 11) is 0. The molecule has 8 atom stereocenters. The molecule has 0 amide bonds. The van der Waals surface area contributed by atoms with E-state index in [0.717, 1.165) is 12.0 Å². The van der Waals surface area contributed by atoms with Gasteiger partial charge in [-0.2, -0.15) is 0 Å². The Labute approximate surface area is 192 Å². The van der Waals surface area contributed by atoms with Crippen molar-refractivity contribution in [3.63, 3.8) is 0 Å². The van der Waals surface area contributed by atoms with Crippen LogP contribution in [-0.4, -0.2) is 35.0 Å². The molecule has 2 saturated heterocycles. The monoisotopic (exact) mass is 454 g/mol. The fourth-order valence-corrected chi connectivity index (χ4v) is 8.49. The number of hydrogen-bond acceptors (Lipinski definition) is 7. The molecule has 4 heterocycles. The number of fused-ring (bicyclic) bond motifs is 3. The Morgan fingerprint density at radius 2 is 1.76 bits per heavy atom. The van der Waals surface area contributed by atoms with Gasteiger partial charge in [0.1, 0.15) is 23.1 Å². The molecule has 0 radical (unpaired) electrons. The molecule has 4 fully saturated rings. The van der Waals surface area contributed by atoms with Crippen LogP contribution in [-0.2, 0) is 28.6 Å². The zero-order chi connectivity index (χ0) is 23.6. The molecule has 2 aliphatic carbocycles. The second-order valence-corrected chi connectivity index (χ2v) is 11.7. The van der Waals surface area contributed by atoms with Crippen molar-refractivity contribution in [3.8, 4) is 0 Å². The molecular formula is C26H30O7. The Hall–Kier alpha value is -2.41. The summed E-state index contributed by atoms with van der Waals surface area (Å²) in [5.41, 5.74) is -2.94. The highest BCUT2D eigenvalue weighted by atomic mass is 16.7. The van der Waals surface area contributed by atoms with Crippen LogP contribution in [0.4, 0.5) is 0 Å². The van der Waals surface area contributed by atoms with Crippen LogP contribution < -0.4 is 0 Å². The third-order valence-electron chi connectivity index (χ3n) is 10.0. The van der Waals surface area contributed by atoms with Crippen molar-refractivity contribution in [1.29, 1.82) is 0 Å². The molecule has 1 aromatic rings. The molecule has 33 heavy (non-hydrogen) atoms. The van der Waals surface area contributed by atoms with Gasteiger partial charge in [0.2, 0.25) is 0 Å². The van der Waals surface area contributed by atoms with Crippen molar-refractivity contribution in [2.24, 2.45) is 28.1 Å². The lowest BCUT2D eigenvalue weighted by Crippen LogP contribution is -2.71. The third kappa shape index (κ3) is 2.23. The smallest absolute Gasteiger partial charge is 0.339 e. The molecule has 0 bridgehead atoms. The van der Waals surface area contributed by atoms with Crippen LogP contribution in [0.2, 0.25) is 0 Å². The molecule has 2 saturated carbocycles. The number of carbonyl (C=O) groups is 3. The molecule has 3 aliphatic heterocycles. The van der Waals surface area contributed by atoms with E-state index in [1.165, 1.54) is 6.08 Å². The second kappa shape index (κ2) is 5.98. The minimum absolute atomic E-state index is 0.0727. The number of Topliss-reactive ketones (excluding diaryl/α,β-unsaturated/α-hetero) is 1. The number of ether oxygens (including phenoxy) is 3. The van der Waals surface area contributed by atoms with Crippen LogP contribution in [0.25, 0.3) is 0 Å². The summed E-state index contributed by atoms with van der Waals surface area (Å²) < 4.78 is 23.3. The Balaban J connectivity index is 1.53. The topological polar surface area (TPSA) is 95.3 Å². The van der Waals surface area contributed by atoms with Crippen LogP contribution in [0.15, 0.2) is 35.2 Å². The Bertz CT molecular complexity index is 1100. The highest BCUT2D eigenvalue weighted by Crippen LogP contribution is 2.78. The summed E-state index contributed by atoms with van der Waals surface area (Å²) >= 11 is 0. The number of carbonyl (C=O) groups excluding carboxylic acids is 3. The van der Waals surface area contributed by atoms with Crippen LogP contribution in [0.1, 0.15) is 65.5 Å². The molecule has 7 heteroatoms. The molecule has 0 N–H and O–H groups in total. The zero-order valence-electron chi connectivity index (χ0n) is 19.7. The minimum atomic E-state index is -0.958. The Kier molecular flexibility index (Phi) is 3.83. The highest BCUT2D eigenvalue weighted by Gasteiger charge is 2.88. The lowest BCUT2D eigenvalue weighted by molar-refractivity contribution is -0.215. The van der Waals surface area contributed by atoms with Crippen molar-refractivity contribution in [1.82, 2.24) is 0 Å². The maximum atomic E-state index is 14.1. The molecule has 5 aliphatic rings. The number of furan rings is 1. The fraction of sp³-hybridized carbons (Fsp3) is 0.654. The minimum Gasteiger partial charge on any atom is -0.472 e. The summed E-state index contributed by atoms with van der Waals surface area (Å²) in [6.45, 7) is 9.99. The number of rotatable bonds is 1. The molecule has 7 nitrogen and oxygen atoms in total. The van der Waals surface area contributed by atoms with Gasteiger partial charge >= 0.3 is 11.9 Å². The first kappa shape index (κ1) is 21.1.